The van der Waals surface area contributed by atoms with Crippen LogP contribution in [0.25, 0.3) is 0 Å². The van der Waals surface area contributed by atoms with Crippen molar-refractivity contribution in [3.8, 4) is 0 Å². The van der Waals surface area contributed by atoms with Crippen molar-refractivity contribution in [2.24, 2.45) is 11.3 Å². The van der Waals surface area contributed by atoms with Crippen LogP contribution in [0.4, 0.5) is 10.1 Å². The van der Waals surface area contributed by atoms with Gasteiger partial charge in [-0.3, -0.25) is 0 Å². The topological polar surface area (TPSA) is 72.2 Å². The third-order valence-electron chi connectivity index (χ3n) is 3.40. The molecule has 0 aliphatic rings. The van der Waals surface area contributed by atoms with Crippen molar-refractivity contribution >= 4 is 31.6 Å². The normalized spacial score (nSPS) is 14.3. The van der Waals surface area contributed by atoms with E-state index < -0.39 is 20.7 Å². The van der Waals surface area contributed by atoms with Gasteiger partial charge in [0.2, 0.25) is 10.0 Å². The van der Waals surface area contributed by atoms with Gasteiger partial charge in [-0.25, -0.2) is 17.5 Å². The van der Waals surface area contributed by atoms with Gasteiger partial charge in [-0.05, 0) is 39.4 Å². The summed E-state index contributed by atoms with van der Waals surface area (Å²) in [5.41, 5.74) is 5.74. The zero-order valence-electron chi connectivity index (χ0n) is 12.0. The predicted molar refractivity (Wildman–Crippen MR) is 82.3 cm³/mol. The van der Waals surface area contributed by atoms with Gasteiger partial charge in [0.1, 0.15) is 10.7 Å². The molecular weight excluding hydrogens is 347 g/mol. The fourth-order valence-electron chi connectivity index (χ4n) is 1.37. The highest BCUT2D eigenvalue weighted by molar-refractivity contribution is 9.10. The highest BCUT2D eigenvalue weighted by atomic mass is 79.9. The largest absolute Gasteiger partial charge is 0.398 e. The summed E-state index contributed by atoms with van der Waals surface area (Å²) in [5.74, 6) is -0.727. The average Bonchev–Trinajstić information content (AvgIpc) is 2.29. The van der Waals surface area contributed by atoms with E-state index in [2.05, 4.69) is 20.7 Å². The van der Waals surface area contributed by atoms with E-state index in [0.717, 1.165) is 12.1 Å². The maximum atomic E-state index is 13.8. The van der Waals surface area contributed by atoms with Gasteiger partial charge in [0.25, 0.3) is 0 Å². The van der Waals surface area contributed by atoms with Crippen LogP contribution in [0.5, 0.6) is 0 Å². The third kappa shape index (κ3) is 4.17. The van der Waals surface area contributed by atoms with Crippen molar-refractivity contribution < 1.29 is 12.8 Å². The molecule has 0 fully saturated rings. The molecule has 0 saturated carbocycles. The highest BCUT2D eigenvalue weighted by Gasteiger charge is 2.25. The number of halogens is 2. The second kappa shape index (κ2) is 5.99. The number of hydrogen-bond donors (Lipinski definition) is 2. The van der Waals surface area contributed by atoms with Gasteiger partial charge in [-0.2, -0.15) is 0 Å². The Bertz CT molecular complexity index is 597. The summed E-state index contributed by atoms with van der Waals surface area (Å²) >= 11 is 3.06. The van der Waals surface area contributed by atoms with E-state index >= 15 is 0 Å². The molecule has 20 heavy (non-hydrogen) atoms. The van der Waals surface area contributed by atoms with Crippen molar-refractivity contribution in [2.75, 3.05) is 12.3 Å². The molecule has 4 nitrogen and oxygen atoms in total. The zero-order chi connectivity index (χ0) is 15.7. The van der Waals surface area contributed by atoms with E-state index in [-0.39, 0.29) is 23.6 Å². The molecule has 114 valence electrons. The van der Waals surface area contributed by atoms with E-state index in [0.29, 0.717) is 4.47 Å². The Hall–Kier alpha value is -0.660. The average molecular weight is 367 g/mol. The Morgan fingerprint density at radius 2 is 1.95 bits per heavy atom. The molecule has 0 aromatic heterocycles. The zero-order valence-corrected chi connectivity index (χ0v) is 14.4. The number of nitrogen functional groups attached to an aromatic ring is 1. The molecule has 1 aromatic rings. The first-order chi connectivity index (χ1) is 8.95. The summed E-state index contributed by atoms with van der Waals surface area (Å²) in [6.07, 6.45) is 0. The minimum Gasteiger partial charge on any atom is -0.398 e. The van der Waals surface area contributed by atoms with Crippen LogP contribution in [0.15, 0.2) is 21.5 Å². The first-order valence-corrected chi connectivity index (χ1v) is 8.47. The Kier molecular flexibility index (Phi) is 5.21. The van der Waals surface area contributed by atoms with Crippen LogP contribution in [-0.2, 0) is 10.0 Å². The maximum absolute atomic E-state index is 13.8. The molecule has 3 N–H and O–H groups in total. The Morgan fingerprint density at radius 1 is 1.40 bits per heavy atom. The summed E-state index contributed by atoms with van der Waals surface area (Å²) in [5, 5.41) is 0. The number of nitrogens with two attached hydrogens (primary N) is 1. The number of sulfonamides is 1. The van der Waals surface area contributed by atoms with E-state index in [1.807, 2.05) is 27.7 Å². The minimum absolute atomic E-state index is 0.0419. The van der Waals surface area contributed by atoms with Gasteiger partial charge in [0.05, 0.1) is 0 Å². The predicted octanol–water partition coefficient (Wildman–Crippen LogP) is 3.13. The van der Waals surface area contributed by atoms with Crippen LogP contribution in [-0.4, -0.2) is 15.0 Å². The monoisotopic (exact) mass is 366 g/mol. The Balaban J connectivity index is 2.98. The smallest absolute Gasteiger partial charge is 0.243 e. The van der Waals surface area contributed by atoms with Crippen molar-refractivity contribution in [1.29, 1.82) is 0 Å². The van der Waals surface area contributed by atoms with Crippen LogP contribution in [0.1, 0.15) is 27.7 Å². The van der Waals surface area contributed by atoms with Gasteiger partial charge in [0.15, 0.2) is 0 Å². The fourth-order valence-corrected chi connectivity index (χ4v) is 2.91. The van der Waals surface area contributed by atoms with Crippen molar-refractivity contribution in [2.45, 2.75) is 32.6 Å². The molecule has 0 radical (unpaired) electrons. The van der Waals surface area contributed by atoms with Crippen LogP contribution < -0.4 is 10.5 Å². The number of nitrogens with one attached hydrogen (secondary N) is 1. The minimum atomic E-state index is -3.91. The second-order valence-electron chi connectivity index (χ2n) is 5.92. The van der Waals surface area contributed by atoms with E-state index in [9.17, 15) is 12.8 Å². The summed E-state index contributed by atoms with van der Waals surface area (Å²) in [7, 11) is -3.91. The molecule has 0 aliphatic carbocycles. The number of hydrogen-bond acceptors (Lipinski definition) is 3. The molecule has 1 aromatic carbocycles. The lowest BCUT2D eigenvalue weighted by Crippen LogP contribution is -2.34. The lowest BCUT2D eigenvalue weighted by Gasteiger charge is -2.27. The maximum Gasteiger partial charge on any atom is 0.243 e. The SMILES string of the molecule is CC(CNS(=O)(=O)c1cc(N)c(Br)cc1F)C(C)(C)C. The van der Waals surface area contributed by atoms with Gasteiger partial charge >= 0.3 is 0 Å². The second-order valence-corrected chi connectivity index (χ2v) is 8.51. The Morgan fingerprint density at radius 3 is 2.45 bits per heavy atom. The van der Waals surface area contributed by atoms with Gasteiger partial charge in [-0.1, -0.05) is 27.7 Å². The molecule has 0 spiro atoms. The standard InChI is InChI=1S/C13H20BrFN2O2S/c1-8(13(2,3)4)7-17-20(18,19)12-6-11(16)9(14)5-10(12)15/h5-6,8,17H,7,16H2,1-4H3. The number of rotatable bonds is 4. The van der Waals surface area contributed by atoms with Crippen LogP contribution in [0.2, 0.25) is 0 Å². The van der Waals surface area contributed by atoms with E-state index in [1.54, 1.807) is 0 Å². The number of benzene rings is 1. The first kappa shape index (κ1) is 17.4. The first-order valence-electron chi connectivity index (χ1n) is 6.19. The summed E-state index contributed by atoms with van der Waals surface area (Å²) in [6.45, 7) is 8.23. The molecule has 1 rings (SSSR count). The van der Waals surface area contributed by atoms with Crippen molar-refractivity contribution in [1.82, 2.24) is 4.72 Å². The molecule has 0 amide bonds. The molecule has 1 atom stereocenters. The van der Waals surface area contributed by atoms with Crippen LogP contribution in [0, 0.1) is 17.2 Å². The quantitative estimate of drug-likeness (QED) is 0.804. The van der Waals surface area contributed by atoms with E-state index in [4.69, 9.17) is 5.73 Å². The van der Waals surface area contributed by atoms with Crippen LogP contribution >= 0.6 is 15.9 Å². The van der Waals surface area contributed by atoms with Gasteiger partial charge in [0, 0.05) is 16.7 Å². The molecule has 0 saturated heterocycles. The molecule has 0 heterocycles. The Labute approximate surface area is 128 Å². The lowest BCUT2D eigenvalue weighted by molar-refractivity contribution is 0.263. The van der Waals surface area contributed by atoms with Gasteiger partial charge in [-0.15, -0.1) is 0 Å². The summed E-state index contributed by atoms with van der Waals surface area (Å²) in [4.78, 5) is -0.431. The molecule has 0 bridgehead atoms. The lowest BCUT2D eigenvalue weighted by atomic mass is 9.82. The summed E-state index contributed by atoms with van der Waals surface area (Å²) < 4.78 is 40.8. The van der Waals surface area contributed by atoms with Crippen LogP contribution in [0.3, 0.4) is 0 Å². The fraction of sp³-hybridized carbons (Fsp3) is 0.538. The summed E-state index contributed by atoms with van der Waals surface area (Å²) in [6, 6.07) is 2.17. The molecule has 1 unspecified atom stereocenters. The number of anilines is 1. The van der Waals surface area contributed by atoms with Gasteiger partial charge < -0.3 is 5.73 Å². The third-order valence-corrected chi connectivity index (χ3v) is 5.52. The highest BCUT2D eigenvalue weighted by Crippen LogP contribution is 2.27. The van der Waals surface area contributed by atoms with E-state index in [1.165, 1.54) is 0 Å². The molecule has 0 aliphatic heterocycles. The molecule has 7 heteroatoms. The molecular formula is C13H20BrFN2O2S. The van der Waals surface area contributed by atoms with Crippen molar-refractivity contribution in [3.05, 3.63) is 22.4 Å². The van der Waals surface area contributed by atoms with Crippen molar-refractivity contribution in [3.63, 3.8) is 0 Å².